The van der Waals surface area contributed by atoms with Crippen LogP contribution in [0.1, 0.15) is 33.5 Å². The fraction of sp³-hybridized carbons (Fsp3) is 0.143. The van der Waals surface area contributed by atoms with E-state index in [1.54, 1.807) is 30.3 Å². The molecule has 0 radical (unpaired) electrons. The molecule has 0 unspecified atom stereocenters. The molecule has 1 aliphatic rings. The zero-order valence-corrected chi connectivity index (χ0v) is 21.7. The van der Waals surface area contributed by atoms with Crippen LogP contribution in [0.25, 0.3) is 6.08 Å². The molecule has 3 aromatic carbocycles. The number of hydrogen-bond acceptors (Lipinski definition) is 6. The molecular weight excluding hydrogens is 506 g/mol. The molecule has 0 bridgehead atoms. The van der Waals surface area contributed by atoms with Gasteiger partial charge in [-0.2, -0.15) is 0 Å². The summed E-state index contributed by atoms with van der Waals surface area (Å²) in [7, 11) is 0. The first-order valence-electron chi connectivity index (χ1n) is 11.6. The van der Waals surface area contributed by atoms with Crippen molar-refractivity contribution in [1.82, 2.24) is 15.8 Å². The lowest BCUT2D eigenvalue weighted by Gasteiger charge is -2.14. The van der Waals surface area contributed by atoms with Gasteiger partial charge in [-0.25, -0.2) is 0 Å². The molecule has 3 aromatic rings. The number of amides is 3. The van der Waals surface area contributed by atoms with Gasteiger partial charge in [0.25, 0.3) is 11.8 Å². The van der Waals surface area contributed by atoms with Crippen LogP contribution in [0.4, 0.5) is 0 Å². The standard InChI is InChI=1S/C28H25N3O4S2/c1-19-7-9-20(10-8-19)17-24-27(34)31(28(36)37-24)16-15-25(32)29-30-26(33)22-11-13-23(14-12-22)35-18-21-5-3-2-4-6-21/h2-14,17H,15-16,18H2,1H3,(H,29,32)(H,30,33)/b24-17-. The largest absolute Gasteiger partial charge is 0.489 e. The van der Waals surface area contributed by atoms with Crippen LogP contribution >= 0.6 is 24.0 Å². The molecular formula is C28H25N3O4S2. The van der Waals surface area contributed by atoms with Crippen LogP contribution in [0.3, 0.4) is 0 Å². The third-order valence-corrected chi connectivity index (χ3v) is 6.87. The third-order valence-electron chi connectivity index (χ3n) is 5.49. The van der Waals surface area contributed by atoms with E-state index >= 15 is 0 Å². The number of ether oxygens (including phenoxy) is 1. The van der Waals surface area contributed by atoms with Crippen molar-refractivity contribution in [1.29, 1.82) is 0 Å². The average Bonchev–Trinajstić information content (AvgIpc) is 3.18. The Morgan fingerprint density at radius 1 is 0.973 bits per heavy atom. The van der Waals surface area contributed by atoms with Gasteiger partial charge in [0.1, 0.15) is 16.7 Å². The summed E-state index contributed by atoms with van der Waals surface area (Å²) in [6.07, 6.45) is 1.77. The highest BCUT2D eigenvalue weighted by atomic mass is 32.2. The van der Waals surface area contributed by atoms with Crippen LogP contribution in [0.2, 0.25) is 0 Å². The summed E-state index contributed by atoms with van der Waals surface area (Å²) in [4.78, 5) is 39.3. The van der Waals surface area contributed by atoms with Crippen molar-refractivity contribution in [2.45, 2.75) is 20.0 Å². The molecule has 4 rings (SSSR count). The van der Waals surface area contributed by atoms with E-state index in [1.165, 1.54) is 16.7 Å². The van der Waals surface area contributed by atoms with E-state index in [4.69, 9.17) is 17.0 Å². The molecule has 0 saturated carbocycles. The minimum atomic E-state index is -0.463. The smallest absolute Gasteiger partial charge is 0.269 e. The maximum atomic E-state index is 12.7. The number of nitrogens with one attached hydrogen (secondary N) is 2. The lowest BCUT2D eigenvalue weighted by molar-refractivity contribution is -0.124. The second-order valence-electron chi connectivity index (χ2n) is 8.29. The number of thiocarbonyl (C=S) groups is 1. The van der Waals surface area contributed by atoms with Gasteiger partial charge in [0.2, 0.25) is 5.91 Å². The maximum Gasteiger partial charge on any atom is 0.269 e. The zero-order chi connectivity index (χ0) is 26.2. The van der Waals surface area contributed by atoms with E-state index in [-0.39, 0.29) is 18.9 Å². The van der Waals surface area contributed by atoms with Gasteiger partial charge in [-0.15, -0.1) is 0 Å². The van der Waals surface area contributed by atoms with Gasteiger partial charge in [-0.3, -0.25) is 30.1 Å². The van der Waals surface area contributed by atoms with Crippen molar-refractivity contribution in [3.8, 4) is 5.75 Å². The lowest BCUT2D eigenvalue weighted by Crippen LogP contribution is -2.43. The summed E-state index contributed by atoms with van der Waals surface area (Å²) in [5.41, 5.74) is 8.21. The topological polar surface area (TPSA) is 87.7 Å². The number of nitrogens with zero attached hydrogens (tertiary/aromatic N) is 1. The first-order chi connectivity index (χ1) is 17.9. The van der Waals surface area contributed by atoms with Crippen molar-refractivity contribution in [3.05, 3.63) is 106 Å². The van der Waals surface area contributed by atoms with Crippen molar-refractivity contribution in [2.75, 3.05) is 6.54 Å². The van der Waals surface area contributed by atoms with Crippen molar-refractivity contribution < 1.29 is 19.1 Å². The predicted molar refractivity (Wildman–Crippen MR) is 148 cm³/mol. The van der Waals surface area contributed by atoms with Gasteiger partial charge in [0, 0.05) is 18.5 Å². The highest BCUT2D eigenvalue weighted by Crippen LogP contribution is 2.32. The minimum Gasteiger partial charge on any atom is -0.489 e. The molecule has 0 aliphatic carbocycles. The van der Waals surface area contributed by atoms with Gasteiger partial charge in [0.15, 0.2) is 0 Å². The van der Waals surface area contributed by atoms with Crippen LogP contribution in [-0.2, 0) is 16.2 Å². The Morgan fingerprint density at radius 2 is 1.68 bits per heavy atom. The van der Waals surface area contributed by atoms with Gasteiger partial charge >= 0.3 is 0 Å². The summed E-state index contributed by atoms with van der Waals surface area (Å²) in [5.74, 6) is -0.506. The van der Waals surface area contributed by atoms with Gasteiger partial charge in [-0.1, -0.05) is 84.1 Å². The second kappa shape index (κ2) is 12.3. The van der Waals surface area contributed by atoms with Gasteiger partial charge in [0.05, 0.1) is 4.91 Å². The molecule has 0 aromatic heterocycles. The summed E-state index contributed by atoms with van der Waals surface area (Å²) < 4.78 is 6.12. The van der Waals surface area contributed by atoms with E-state index in [9.17, 15) is 14.4 Å². The number of benzene rings is 3. The summed E-state index contributed by atoms with van der Waals surface area (Å²) >= 11 is 6.53. The van der Waals surface area contributed by atoms with E-state index in [1.807, 2.05) is 61.5 Å². The molecule has 3 amide bonds. The molecule has 0 atom stereocenters. The summed E-state index contributed by atoms with van der Waals surface area (Å²) in [6, 6.07) is 24.2. The highest BCUT2D eigenvalue weighted by Gasteiger charge is 2.32. The fourth-order valence-electron chi connectivity index (χ4n) is 3.42. The molecule has 37 heavy (non-hydrogen) atoms. The first kappa shape index (κ1) is 26.1. The summed E-state index contributed by atoms with van der Waals surface area (Å²) in [5, 5.41) is 0. The molecule has 1 aliphatic heterocycles. The normalized spacial score (nSPS) is 14.1. The monoisotopic (exact) mass is 531 g/mol. The van der Waals surface area contributed by atoms with E-state index in [0.29, 0.717) is 27.1 Å². The van der Waals surface area contributed by atoms with Crippen LogP contribution in [-0.4, -0.2) is 33.5 Å². The quantitative estimate of drug-likeness (QED) is 0.251. The van der Waals surface area contributed by atoms with Crippen LogP contribution in [0.5, 0.6) is 5.75 Å². The Balaban J connectivity index is 1.22. The summed E-state index contributed by atoms with van der Waals surface area (Å²) in [6.45, 7) is 2.54. The second-order valence-corrected chi connectivity index (χ2v) is 9.97. The van der Waals surface area contributed by atoms with Gasteiger partial charge in [-0.05, 0) is 48.4 Å². The van der Waals surface area contributed by atoms with Gasteiger partial charge < -0.3 is 4.74 Å². The number of carbonyl (C=O) groups excluding carboxylic acids is 3. The molecule has 7 nitrogen and oxygen atoms in total. The van der Waals surface area contributed by atoms with Crippen molar-refractivity contribution in [3.63, 3.8) is 0 Å². The predicted octanol–water partition coefficient (Wildman–Crippen LogP) is 4.63. The minimum absolute atomic E-state index is 0.0171. The van der Waals surface area contributed by atoms with E-state index in [2.05, 4.69) is 10.9 Å². The molecule has 9 heteroatoms. The number of rotatable bonds is 8. The number of aryl methyl sites for hydroxylation is 1. The fourth-order valence-corrected chi connectivity index (χ4v) is 4.73. The highest BCUT2D eigenvalue weighted by molar-refractivity contribution is 8.26. The zero-order valence-electron chi connectivity index (χ0n) is 20.1. The molecule has 1 heterocycles. The molecule has 0 spiro atoms. The van der Waals surface area contributed by atoms with E-state index in [0.717, 1.165) is 16.7 Å². The molecule has 1 fully saturated rings. The third kappa shape index (κ3) is 7.28. The van der Waals surface area contributed by atoms with Crippen molar-refractivity contribution in [2.24, 2.45) is 0 Å². The van der Waals surface area contributed by atoms with E-state index < -0.39 is 11.8 Å². The molecule has 1 saturated heterocycles. The first-order valence-corrected chi connectivity index (χ1v) is 12.8. The molecule has 2 N–H and O–H groups in total. The Kier molecular flexibility index (Phi) is 8.71. The SMILES string of the molecule is Cc1ccc(/C=C2\SC(=S)N(CCC(=O)NNC(=O)c3ccc(OCc4ccccc4)cc3)C2=O)cc1. The average molecular weight is 532 g/mol. The van der Waals surface area contributed by atoms with Crippen LogP contribution in [0.15, 0.2) is 83.8 Å². The lowest BCUT2D eigenvalue weighted by atomic mass is 10.1. The maximum absolute atomic E-state index is 12.7. The Hall–Kier alpha value is -3.95. The molecule has 188 valence electrons. The van der Waals surface area contributed by atoms with Crippen LogP contribution in [0, 0.1) is 6.92 Å². The number of hydrazine groups is 1. The Labute approximate surface area is 224 Å². The Bertz CT molecular complexity index is 1320. The van der Waals surface area contributed by atoms with Crippen molar-refractivity contribution >= 4 is 52.1 Å². The Morgan fingerprint density at radius 3 is 2.38 bits per heavy atom. The number of carbonyl (C=O) groups is 3. The van der Waals surface area contributed by atoms with Crippen LogP contribution < -0.4 is 15.6 Å². The number of thioether (sulfide) groups is 1. The number of hydrogen-bond donors (Lipinski definition) is 2.